The molecular weight excluding hydrogens is 200 g/mol. The van der Waals surface area contributed by atoms with Crippen LogP contribution in [0.2, 0.25) is 0 Å². The van der Waals surface area contributed by atoms with E-state index in [2.05, 4.69) is 28.7 Å². The van der Waals surface area contributed by atoms with E-state index in [1.807, 2.05) is 27.0 Å². The van der Waals surface area contributed by atoms with Crippen LogP contribution in [-0.4, -0.2) is 29.6 Å². The molecule has 0 saturated carbocycles. The van der Waals surface area contributed by atoms with Crippen molar-refractivity contribution in [3.05, 3.63) is 17.6 Å². The standard InChI is InChI=1S/C12H22N4/c1-8(2)12-14-10(4)6-11(15-12)16(5)7-9(3)13/h6,8-9H,7,13H2,1-5H3. The van der Waals surface area contributed by atoms with Crippen molar-refractivity contribution >= 4 is 5.82 Å². The summed E-state index contributed by atoms with van der Waals surface area (Å²) in [4.78, 5) is 11.0. The van der Waals surface area contributed by atoms with E-state index in [1.165, 1.54) is 0 Å². The zero-order chi connectivity index (χ0) is 12.3. The lowest BCUT2D eigenvalue weighted by Gasteiger charge is -2.21. The first kappa shape index (κ1) is 12.9. The minimum Gasteiger partial charge on any atom is -0.358 e. The molecule has 1 heterocycles. The monoisotopic (exact) mass is 222 g/mol. The fourth-order valence-corrected chi connectivity index (χ4v) is 1.55. The Morgan fingerprint density at radius 3 is 2.44 bits per heavy atom. The summed E-state index contributed by atoms with van der Waals surface area (Å²) in [5.41, 5.74) is 6.79. The number of hydrogen-bond acceptors (Lipinski definition) is 4. The summed E-state index contributed by atoms with van der Waals surface area (Å²) in [6.45, 7) is 8.99. The van der Waals surface area contributed by atoms with Crippen LogP contribution in [0, 0.1) is 6.92 Å². The van der Waals surface area contributed by atoms with Crippen LogP contribution in [0.1, 0.15) is 38.2 Å². The van der Waals surface area contributed by atoms with Crippen molar-refractivity contribution in [2.24, 2.45) is 5.73 Å². The third-order valence-electron chi connectivity index (χ3n) is 2.33. The smallest absolute Gasteiger partial charge is 0.133 e. The van der Waals surface area contributed by atoms with Crippen molar-refractivity contribution in [1.82, 2.24) is 9.97 Å². The zero-order valence-corrected chi connectivity index (χ0v) is 10.9. The van der Waals surface area contributed by atoms with Crippen LogP contribution in [0.15, 0.2) is 6.07 Å². The Hall–Kier alpha value is -1.16. The Balaban J connectivity index is 2.95. The number of nitrogens with zero attached hydrogens (tertiary/aromatic N) is 3. The molecular formula is C12H22N4. The Labute approximate surface area is 97.9 Å². The fraction of sp³-hybridized carbons (Fsp3) is 0.667. The van der Waals surface area contributed by atoms with E-state index in [-0.39, 0.29) is 6.04 Å². The van der Waals surface area contributed by atoms with E-state index < -0.39 is 0 Å². The van der Waals surface area contributed by atoms with Crippen molar-refractivity contribution < 1.29 is 0 Å². The topological polar surface area (TPSA) is 55.0 Å². The molecule has 4 nitrogen and oxygen atoms in total. The molecule has 0 saturated heterocycles. The first-order chi connectivity index (χ1) is 7.40. The van der Waals surface area contributed by atoms with Gasteiger partial charge in [0.25, 0.3) is 0 Å². The van der Waals surface area contributed by atoms with Crippen molar-refractivity contribution in [2.75, 3.05) is 18.5 Å². The highest BCUT2D eigenvalue weighted by atomic mass is 15.2. The minimum absolute atomic E-state index is 0.141. The number of aryl methyl sites for hydroxylation is 1. The molecule has 0 spiro atoms. The quantitative estimate of drug-likeness (QED) is 0.842. The maximum atomic E-state index is 5.78. The molecule has 0 aromatic carbocycles. The Morgan fingerprint density at radius 2 is 1.94 bits per heavy atom. The third kappa shape index (κ3) is 3.45. The lowest BCUT2D eigenvalue weighted by Crippen LogP contribution is -2.33. The molecule has 0 aliphatic rings. The molecule has 0 radical (unpaired) electrons. The van der Waals surface area contributed by atoms with Crippen LogP contribution < -0.4 is 10.6 Å². The first-order valence-corrected chi connectivity index (χ1v) is 5.72. The van der Waals surface area contributed by atoms with Crippen LogP contribution in [0.5, 0.6) is 0 Å². The maximum absolute atomic E-state index is 5.78. The van der Waals surface area contributed by atoms with Gasteiger partial charge in [0.2, 0.25) is 0 Å². The van der Waals surface area contributed by atoms with E-state index in [0.717, 1.165) is 23.9 Å². The summed E-state index contributed by atoms with van der Waals surface area (Å²) in [6, 6.07) is 2.14. The molecule has 0 amide bonds. The number of rotatable bonds is 4. The van der Waals surface area contributed by atoms with Gasteiger partial charge >= 0.3 is 0 Å². The van der Waals surface area contributed by atoms with E-state index >= 15 is 0 Å². The van der Waals surface area contributed by atoms with Crippen LogP contribution in [0.3, 0.4) is 0 Å². The Morgan fingerprint density at radius 1 is 1.31 bits per heavy atom. The van der Waals surface area contributed by atoms with Crippen molar-refractivity contribution in [3.8, 4) is 0 Å². The average Bonchev–Trinajstić information content (AvgIpc) is 2.15. The minimum atomic E-state index is 0.141. The molecule has 4 heteroatoms. The molecule has 2 N–H and O–H groups in total. The number of nitrogens with two attached hydrogens (primary N) is 1. The second kappa shape index (κ2) is 5.25. The predicted octanol–water partition coefficient (Wildman–Crippen LogP) is 1.69. The molecule has 0 fully saturated rings. The molecule has 90 valence electrons. The van der Waals surface area contributed by atoms with Crippen molar-refractivity contribution in [3.63, 3.8) is 0 Å². The molecule has 0 aliphatic carbocycles. The van der Waals surface area contributed by atoms with Gasteiger partial charge in [0.1, 0.15) is 11.6 Å². The highest BCUT2D eigenvalue weighted by molar-refractivity contribution is 5.39. The maximum Gasteiger partial charge on any atom is 0.133 e. The van der Waals surface area contributed by atoms with Crippen molar-refractivity contribution in [1.29, 1.82) is 0 Å². The molecule has 1 atom stereocenters. The molecule has 1 aromatic rings. The van der Waals surface area contributed by atoms with Gasteiger partial charge in [-0.05, 0) is 13.8 Å². The summed E-state index contributed by atoms with van der Waals surface area (Å²) in [6.07, 6.45) is 0. The SMILES string of the molecule is Cc1cc(N(C)CC(C)N)nc(C(C)C)n1. The number of aromatic nitrogens is 2. The van der Waals surface area contributed by atoms with Gasteiger partial charge in [-0.3, -0.25) is 0 Å². The summed E-state index contributed by atoms with van der Waals surface area (Å²) < 4.78 is 0. The van der Waals surface area contributed by atoms with E-state index in [4.69, 9.17) is 5.73 Å². The molecule has 0 bridgehead atoms. The van der Waals surface area contributed by atoms with Gasteiger partial charge in [0.15, 0.2) is 0 Å². The highest BCUT2D eigenvalue weighted by Gasteiger charge is 2.10. The molecule has 0 aliphatic heterocycles. The third-order valence-corrected chi connectivity index (χ3v) is 2.33. The van der Waals surface area contributed by atoms with Gasteiger partial charge < -0.3 is 10.6 Å². The second-order valence-electron chi connectivity index (χ2n) is 4.74. The van der Waals surface area contributed by atoms with Gasteiger partial charge in [-0.2, -0.15) is 0 Å². The normalized spacial score (nSPS) is 12.9. The molecule has 1 unspecified atom stereocenters. The number of hydrogen-bond donors (Lipinski definition) is 1. The number of likely N-dealkylation sites (N-methyl/N-ethyl adjacent to an activating group) is 1. The lowest BCUT2D eigenvalue weighted by atomic mass is 10.2. The molecule has 16 heavy (non-hydrogen) atoms. The zero-order valence-electron chi connectivity index (χ0n) is 10.9. The molecule has 1 aromatic heterocycles. The Bertz CT molecular complexity index is 347. The van der Waals surface area contributed by atoms with Gasteiger partial charge in [-0.15, -0.1) is 0 Å². The highest BCUT2D eigenvalue weighted by Crippen LogP contribution is 2.16. The largest absolute Gasteiger partial charge is 0.358 e. The summed E-state index contributed by atoms with van der Waals surface area (Å²) in [5, 5.41) is 0. The number of anilines is 1. The van der Waals surface area contributed by atoms with Crippen molar-refractivity contribution in [2.45, 2.75) is 39.7 Å². The van der Waals surface area contributed by atoms with Crippen LogP contribution in [0.25, 0.3) is 0 Å². The average molecular weight is 222 g/mol. The molecule has 1 rings (SSSR count). The summed E-state index contributed by atoms with van der Waals surface area (Å²) >= 11 is 0. The van der Waals surface area contributed by atoms with Gasteiger partial charge in [0.05, 0.1) is 0 Å². The van der Waals surface area contributed by atoms with Gasteiger partial charge in [-0.25, -0.2) is 9.97 Å². The summed E-state index contributed by atoms with van der Waals surface area (Å²) in [5.74, 6) is 2.20. The van der Waals surface area contributed by atoms with Gasteiger partial charge in [-0.1, -0.05) is 13.8 Å². The summed E-state index contributed by atoms with van der Waals surface area (Å²) in [7, 11) is 2.01. The second-order valence-corrected chi connectivity index (χ2v) is 4.74. The fourth-order valence-electron chi connectivity index (χ4n) is 1.55. The van der Waals surface area contributed by atoms with Crippen LogP contribution in [-0.2, 0) is 0 Å². The Kier molecular flexibility index (Phi) is 4.24. The van der Waals surface area contributed by atoms with Gasteiger partial charge in [0, 0.05) is 37.3 Å². The van der Waals surface area contributed by atoms with Crippen LogP contribution >= 0.6 is 0 Å². The lowest BCUT2D eigenvalue weighted by molar-refractivity contribution is 0.700. The van der Waals surface area contributed by atoms with E-state index in [9.17, 15) is 0 Å². The van der Waals surface area contributed by atoms with Crippen LogP contribution in [0.4, 0.5) is 5.82 Å². The van der Waals surface area contributed by atoms with E-state index in [1.54, 1.807) is 0 Å². The predicted molar refractivity (Wildman–Crippen MR) is 67.8 cm³/mol. The van der Waals surface area contributed by atoms with E-state index in [0.29, 0.717) is 5.92 Å². The first-order valence-electron chi connectivity index (χ1n) is 5.72.